The van der Waals surface area contributed by atoms with Crippen molar-refractivity contribution in [2.45, 2.75) is 30.8 Å². The van der Waals surface area contributed by atoms with Gasteiger partial charge in [-0.2, -0.15) is 13.2 Å². The summed E-state index contributed by atoms with van der Waals surface area (Å²) >= 11 is 1.69. The van der Waals surface area contributed by atoms with Crippen molar-refractivity contribution in [2.24, 2.45) is 0 Å². The Morgan fingerprint density at radius 2 is 1.72 bits per heavy atom. The number of hydrogen-bond acceptors (Lipinski definition) is 3. The predicted molar refractivity (Wildman–Crippen MR) is 119 cm³/mol. The van der Waals surface area contributed by atoms with Crippen molar-refractivity contribution in [3.63, 3.8) is 0 Å². The SMILES string of the molecule is Cc1cccc(NC(=O)N2CCC3(CC2)SCCN3C(=O)c2ccc(C(F)(F)F)cc2)c1. The number of rotatable bonds is 2. The lowest BCUT2D eigenvalue weighted by atomic mass is 10.0. The molecular weight excluding hydrogens is 439 g/mol. The molecule has 2 saturated heterocycles. The van der Waals surface area contributed by atoms with Crippen LogP contribution in [-0.2, 0) is 6.18 Å². The zero-order valence-corrected chi connectivity index (χ0v) is 18.4. The van der Waals surface area contributed by atoms with Crippen LogP contribution in [0.5, 0.6) is 0 Å². The minimum Gasteiger partial charge on any atom is -0.324 e. The molecule has 5 nitrogen and oxygen atoms in total. The highest BCUT2D eigenvalue weighted by Crippen LogP contribution is 2.44. The van der Waals surface area contributed by atoms with E-state index < -0.39 is 16.6 Å². The van der Waals surface area contributed by atoms with E-state index in [0.717, 1.165) is 29.1 Å². The number of halogens is 3. The zero-order valence-electron chi connectivity index (χ0n) is 17.6. The number of hydrogen-bond donors (Lipinski definition) is 1. The molecular formula is C23H24F3N3O2S. The van der Waals surface area contributed by atoms with Gasteiger partial charge in [-0.15, -0.1) is 11.8 Å². The molecule has 0 unspecified atom stereocenters. The van der Waals surface area contributed by atoms with Crippen LogP contribution in [0.1, 0.15) is 34.3 Å². The molecule has 32 heavy (non-hydrogen) atoms. The molecule has 1 spiro atoms. The normalized spacial score (nSPS) is 18.1. The number of thioether (sulfide) groups is 1. The lowest BCUT2D eigenvalue weighted by molar-refractivity contribution is -0.137. The lowest BCUT2D eigenvalue weighted by Gasteiger charge is -2.44. The van der Waals surface area contributed by atoms with E-state index in [1.807, 2.05) is 31.2 Å². The van der Waals surface area contributed by atoms with Crippen LogP contribution < -0.4 is 5.32 Å². The van der Waals surface area contributed by atoms with Crippen LogP contribution in [0, 0.1) is 6.92 Å². The van der Waals surface area contributed by atoms with Crippen LogP contribution in [-0.4, -0.2) is 52.0 Å². The van der Waals surface area contributed by atoms with Gasteiger partial charge in [0.1, 0.15) is 0 Å². The maximum Gasteiger partial charge on any atom is 0.416 e. The number of nitrogens with one attached hydrogen (secondary N) is 1. The third-order valence-electron chi connectivity index (χ3n) is 5.98. The number of carbonyl (C=O) groups excluding carboxylic acids is 2. The van der Waals surface area contributed by atoms with E-state index in [1.165, 1.54) is 12.1 Å². The van der Waals surface area contributed by atoms with Crippen molar-refractivity contribution in [2.75, 3.05) is 30.7 Å². The molecule has 2 fully saturated rings. The molecule has 0 aliphatic carbocycles. The van der Waals surface area contributed by atoms with Crippen LogP contribution in [0.3, 0.4) is 0 Å². The largest absolute Gasteiger partial charge is 0.416 e. The number of aryl methyl sites for hydroxylation is 1. The summed E-state index contributed by atoms with van der Waals surface area (Å²) in [6, 6.07) is 11.8. The number of benzene rings is 2. The number of alkyl halides is 3. The summed E-state index contributed by atoms with van der Waals surface area (Å²) in [5, 5.41) is 2.92. The molecule has 4 rings (SSSR count). The molecule has 0 aromatic heterocycles. The number of piperidine rings is 1. The van der Waals surface area contributed by atoms with E-state index in [-0.39, 0.29) is 17.5 Å². The van der Waals surface area contributed by atoms with Gasteiger partial charge in [0.05, 0.1) is 10.4 Å². The fourth-order valence-corrected chi connectivity index (χ4v) is 5.71. The molecule has 2 aromatic carbocycles. The second-order valence-electron chi connectivity index (χ2n) is 8.11. The second-order valence-corrected chi connectivity index (χ2v) is 9.57. The molecule has 2 heterocycles. The Morgan fingerprint density at radius 3 is 2.34 bits per heavy atom. The van der Waals surface area contributed by atoms with Gasteiger partial charge in [0, 0.05) is 36.6 Å². The summed E-state index contributed by atoms with van der Waals surface area (Å²) in [6.07, 6.45) is -3.20. The van der Waals surface area contributed by atoms with Gasteiger partial charge in [-0.3, -0.25) is 4.79 Å². The first kappa shape index (κ1) is 22.5. The summed E-state index contributed by atoms with van der Waals surface area (Å²) in [6.45, 7) is 3.50. The van der Waals surface area contributed by atoms with Crippen molar-refractivity contribution >= 4 is 29.4 Å². The molecule has 2 aromatic rings. The topological polar surface area (TPSA) is 52.7 Å². The van der Waals surface area contributed by atoms with Gasteiger partial charge in [-0.25, -0.2) is 4.79 Å². The Bertz CT molecular complexity index is 1000. The van der Waals surface area contributed by atoms with E-state index in [2.05, 4.69) is 5.32 Å². The van der Waals surface area contributed by atoms with Crippen LogP contribution in [0.4, 0.5) is 23.7 Å². The number of anilines is 1. The summed E-state index contributed by atoms with van der Waals surface area (Å²) in [5.74, 6) is 0.503. The van der Waals surface area contributed by atoms with E-state index in [1.54, 1.807) is 21.6 Å². The maximum atomic E-state index is 13.1. The Labute approximate surface area is 189 Å². The third kappa shape index (κ3) is 4.57. The number of likely N-dealkylation sites (tertiary alicyclic amines) is 1. The summed E-state index contributed by atoms with van der Waals surface area (Å²) in [7, 11) is 0. The highest BCUT2D eigenvalue weighted by atomic mass is 32.2. The molecule has 0 radical (unpaired) electrons. The van der Waals surface area contributed by atoms with Crippen LogP contribution >= 0.6 is 11.8 Å². The predicted octanol–water partition coefficient (Wildman–Crippen LogP) is 5.23. The first-order valence-corrected chi connectivity index (χ1v) is 11.4. The Morgan fingerprint density at radius 1 is 1.03 bits per heavy atom. The van der Waals surface area contributed by atoms with Gasteiger partial charge in [0.15, 0.2) is 0 Å². The maximum absolute atomic E-state index is 13.1. The first-order chi connectivity index (χ1) is 15.2. The van der Waals surface area contributed by atoms with E-state index in [4.69, 9.17) is 0 Å². The van der Waals surface area contributed by atoms with Crippen molar-refractivity contribution in [1.82, 2.24) is 9.80 Å². The first-order valence-electron chi connectivity index (χ1n) is 10.4. The number of urea groups is 1. The van der Waals surface area contributed by atoms with Gasteiger partial charge in [0.25, 0.3) is 5.91 Å². The second kappa shape index (κ2) is 8.69. The summed E-state index contributed by atoms with van der Waals surface area (Å²) in [5.41, 5.74) is 1.27. The average Bonchev–Trinajstić information content (AvgIpc) is 3.16. The number of amides is 3. The van der Waals surface area contributed by atoms with Crippen molar-refractivity contribution < 1.29 is 22.8 Å². The van der Waals surface area contributed by atoms with Crippen LogP contribution in [0.15, 0.2) is 48.5 Å². The van der Waals surface area contributed by atoms with Crippen LogP contribution in [0.25, 0.3) is 0 Å². The van der Waals surface area contributed by atoms with Gasteiger partial charge >= 0.3 is 12.2 Å². The van der Waals surface area contributed by atoms with Crippen molar-refractivity contribution in [3.8, 4) is 0 Å². The molecule has 1 N–H and O–H groups in total. The molecule has 0 atom stereocenters. The Balaban J connectivity index is 1.41. The zero-order chi connectivity index (χ0) is 22.9. The van der Waals surface area contributed by atoms with E-state index >= 15 is 0 Å². The van der Waals surface area contributed by atoms with Gasteiger partial charge in [-0.05, 0) is 61.7 Å². The van der Waals surface area contributed by atoms with E-state index in [9.17, 15) is 22.8 Å². The minimum atomic E-state index is -4.43. The smallest absolute Gasteiger partial charge is 0.324 e. The molecule has 2 aliphatic heterocycles. The average molecular weight is 464 g/mol. The van der Waals surface area contributed by atoms with Gasteiger partial charge in [-0.1, -0.05) is 12.1 Å². The molecule has 170 valence electrons. The Kier molecular flexibility index (Phi) is 6.11. The fourth-order valence-electron chi connectivity index (χ4n) is 4.25. The van der Waals surface area contributed by atoms with Crippen molar-refractivity contribution in [3.05, 3.63) is 65.2 Å². The Hall–Kier alpha value is -2.68. The minimum absolute atomic E-state index is 0.172. The summed E-state index contributed by atoms with van der Waals surface area (Å²) in [4.78, 5) is 28.9. The molecule has 9 heteroatoms. The highest BCUT2D eigenvalue weighted by Gasteiger charge is 2.47. The highest BCUT2D eigenvalue weighted by molar-refractivity contribution is 8.00. The molecule has 3 amide bonds. The quantitative estimate of drug-likeness (QED) is 0.664. The molecule has 0 bridgehead atoms. The van der Waals surface area contributed by atoms with E-state index in [0.29, 0.717) is 32.5 Å². The fraction of sp³-hybridized carbons (Fsp3) is 0.391. The number of nitrogens with zero attached hydrogens (tertiary/aromatic N) is 2. The monoisotopic (exact) mass is 463 g/mol. The van der Waals surface area contributed by atoms with Gasteiger partial charge < -0.3 is 15.1 Å². The number of carbonyl (C=O) groups is 2. The van der Waals surface area contributed by atoms with Crippen molar-refractivity contribution in [1.29, 1.82) is 0 Å². The third-order valence-corrected chi connectivity index (χ3v) is 7.54. The lowest BCUT2D eigenvalue weighted by Crippen LogP contribution is -2.54. The molecule has 2 aliphatic rings. The van der Waals surface area contributed by atoms with Gasteiger partial charge in [0.2, 0.25) is 0 Å². The molecule has 0 saturated carbocycles. The summed E-state index contributed by atoms with van der Waals surface area (Å²) < 4.78 is 38.5. The van der Waals surface area contributed by atoms with Crippen LogP contribution in [0.2, 0.25) is 0 Å². The standard InChI is InChI=1S/C23H24F3N3O2S/c1-16-3-2-4-19(15-16)27-21(31)28-11-9-22(10-12-28)29(13-14-32-22)20(30)17-5-7-18(8-6-17)23(24,25)26/h2-8,15H,9-14H2,1H3,(H,27,31).